The van der Waals surface area contributed by atoms with Crippen molar-refractivity contribution in [3.63, 3.8) is 0 Å². The van der Waals surface area contributed by atoms with E-state index < -0.39 is 17.6 Å². The average Bonchev–Trinajstić information content (AvgIpc) is 3.34. The first-order valence-corrected chi connectivity index (χ1v) is 10.9. The van der Waals surface area contributed by atoms with Crippen molar-refractivity contribution >= 4 is 18.0 Å². The Morgan fingerprint density at radius 1 is 1.21 bits per heavy atom. The number of H-pyrrole nitrogens is 1. The number of amides is 2. The van der Waals surface area contributed by atoms with Crippen LogP contribution in [0.25, 0.3) is 0 Å². The van der Waals surface area contributed by atoms with E-state index in [1.807, 2.05) is 6.08 Å². The van der Waals surface area contributed by atoms with Gasteiger partial charge in [0, 0.05) is 50.0 Å². The largest absolute Gasteiger partial charge is 0.490 e. The van der Waals surface area contributed by atoms with Gasteiger partial charge >= 0.3 is 6.18 Å². The maximum absolute atomic E-state index is 12.9. The van der Waals surface area contributed by atoms with Gasteiger partial charge in [-0.2, -0.15) is 18.3 Å². The fourth-order valence-corrected chi connectivity index (χ4v) is 3.85. The molecule has 2 amide bonds. The first-order valence-electron chi connectivity index (χ1n) is 10.9. The van der Waals surface area contributed by atoms with Crippen LogP contribution in [0, 0.1) is 0 Å². The molecule has 0 spiro atoms. The fraction of sp³-hybridized carbons (Fsp3) is 0.391. The standard InChI is InChI=1S/C23H24F3N5O3/c24-23(25,26)16-4-1-5-18(11-16)34-17-6-9-31(10-7-17)21(32)14-28-22(33)20-12-19(29-30-20)15-3-2-8-27-13-15/h1-2,4-5,8,11-13,15,17H,3,6-7,9-10,14H2,(H,28,33)(H,29,30). The van der Waals surface area contributed by atoms with Crippen molar-refractivity contribution in [2.24, 2.45) is 4.99 Å². The molecular weight excluding hydrogens is 451 g/mol. The van der Waals surface area contributed by atoms with Crippen LogP contribution in [-0.2, 0) is 11.0 Å². The third kappa shape index (κ3) is 5.83. The first kappa shape index (κ1) is 23.5. The smallest absolute Gasteiger partial charge is 0.416 e. The zero-order valence-corrected chi connectivity index (χ0v) is 18.2. The van der Waals surface area contributed by atoms with E-state index in [0.29, 0.717) is 25.9 Å². The number of piperidine rings is 1. The van der Waals surface area contributed by atoms with E-state index in [2.05, 4.69) is 20.5 Å². The third-order valence-corrected chi connectivity index (χ3v) is 5.74. The van der Waals surface area contributed by atoms with Gasteiger partial charge in [-0.1, -0.05) is 12.1 Å². The van der Waals surface area contributed by atoms with Crippen LogP contribution >= 0.6 is 0 Å². The second-order valence-corrected chi connectivity index (χ2v) is 8.14. The van der Waals surface area contributed by atoms with E-state index in [1.54, 1.807) is 23.4 Å². The number of carbonyl (C=O) groups is 2. The van der Waals surface area contributed by atoms with Gasteiger partial charge in [-0.15, -0.1) is 0 Å². The van der Waals surface area contributed by atoms with Gasteiger partial charge in [0.25, 0.3) is 5.91 Å². The Balaban J connectivity index is 1.22. The molecule has 1 saturated heterocycles. The highest BCUT2D eigenvalue weighted by Gasteiger charge is 2.31. The number of likely N-dealkylation sites (tertiary alicyclic amines) is 1. The van der Waals surface area contributed by atoms with Crippen molar-refractivity contribution in [1.29, 1.82) is 0 Å². The van der Waals surface area contributed by atoms with Crippen molar-refractivity contribution in [3.8, 4) is 5.75 Å². The van der Waals surface area contributed by atoms with Crippen molar-refractivity contribution in [2.45, 2.75) is 37.5 Å². The molecule has 2 N–H and O–H groups in total. The molecule has 2 aliphatic rings. The first-order chi connectivity index (χ1) is 16.3. The summed E-state index contributed by atoms with van der Waals surface area (Å²) >= 11 is 0. The topological polar surface area (TPSA) is 99.7 Å². The number of aromatic nitrogens is 2. The molecule has 0 radical (unpaired) electrons. The highest BCUT2D eigenvalue weighted by Crippen LogP contribution is 2.32. The van der Waals surface area contributed by atoms with Crippen LogP contribution in [0.3, 0.4) is 0 Å². The van der Waals surface area contributed by atoms with Gasteiger partial charge in [-0.3, -0.25) is 19.7 Å². The van der Waals surface area contributed by atoms with Crippen LogP contribution in [0.1, 0.15) is 46.9 Å². The third-order valence-electron chi connectivity index (χ3n) is 5.74. The summed E-state index contributed by atoms with van der Waals surface area (Å²) in [6.45, 7) is 0.604. The van der Waals surface area contributed by atoms with Gasteiger partial charge < -0.3 is 15.0 Å². The predicted molar refractivity (Wildman–Crippen MR) is 118 cm³/mol. The molecule has 11 heteroatoms. The summed E-state index contributed by atoms with van der Waals surface area (Å²) in [5.74, 6) is -0.519. The SMILES string of the molecule is O=C(NCC(=O)N1CCC(Oc2cccc(C(F)(F)F)c2)CC1)c1cc(C2C=NC=CC2)[nH]n1. The molecular formula is C23H24F3N5O3. The van der Waals surface area contributed by atoms with E-state index in [-0.39, 0.29) is 35.9 Å². The van der Waals surface area contributed by atoms with E-state index in [1.165, 1.54) is 12.1 Å². The Labute approximate surface area is 193 Å². The molecule has 1 aromatic heterocycles. The summed E-state index contributed by atoms with van der Waals surface area (Å²) in [4.78, 5) is 30.6. The minimum Gasteiger partial charge on any atom is -0.490 e. The molecule has 0 aliphatic carbocycles. The van der Waals surface area contributed by atoms with E-state index >= 15 is 0 Å². The van der Waals surface area contributed by atoms with E-state index in [4.69, 9.17) is 4.74 Å². The van der Waals surface area contributed by atoms with Gasteiger partial charge in [0.05, 0.1) is 12.1 Å². The molecule has 2 aromatic rings. The normalized spacial score (nSPS) is 18.7. The monoisotopic (exact) mass is 475 g/mol. The van der Waals surface area contributed by atoms with Gasteiger partial charge in [-0.25, -0.2) is 0 Å². The van der Waals surface area contributed by atoms with Crippen LogP contribution in [0.4, 0.5) is 13.2 Å². The number of ether oxygens (including phenoxy) is 1. The minimum atomic E-state index is -4.43. The zero-order valence-electron chi connectivity index (χ0n) is 18.2. The number of hydrogen-bond donors (Lipinski definition) is 2. The molecule has 1 fully saturated rings. The number of aliphatic imine (C=N–C) groups is 1. The highest BCUT2D eigenvalue weighted by molar-refractivity contribution is 5.95. The lowest BCUT2D eigenvalue weighted by atomic mass is 10.0. The van der Waals surface area contributed by atoms with Gasteiger partial charge in [0.15, 0.2) is 0 Å². The Hall–Kier alpha value is -3.63. The lowest BCUT2D eigenvalue weighted by Gasteiger charge is -2.32. The summed E-state index contributed by atoms with van der Waals surface area (Å²) in [7, 11) is 0. The van der Waals surface area contributed by atoms with Crippen molar-refractivity contribution in [3.05, 3.63) is 59.6 Å². The molecule has 2 aliphatic heterocycles. The summed E-state index contributed by atoms with van der Waals surface area (Å²) in [6.07, 6.45) is 2.43. The molecule has 4 rings (SSSR count). The van der Waals surface area contributed by atoms with Crippen molar-refractivity contribution < 1.29 is 27.5 Å². The van der Waals surface area contributed by atoms with Crippen molar-refractivity contribution in [2.75, 3.05) is 19.6 Å². The summed E-state index contributed by atoms with van der Waals surface area (Å²) in [5.41, 5.74) is 0.201. The second-order valence-electron chi connectivity index (χ2n) is 8.14. The number of carbonyl (C=O) groups excluding carboxylic acids is 2. The predicted octanol–water partition coefficient (Wildman–Crippen LogP) is 3.30. The lowest BCUT2D eigenvalue weighted by molar-refractivity contribution is -0.138. The molecule has 1 unspecified atom stereocenters. The summed E-state index contributed by atoms with van der Waals surface area (Å²) in [5, 5.41) is 9.44. The maximum atomic E-state index is 12.9. The number of benzene rings is 1. The molecule has 180 valence electrons. The number of halogens is 3. The van der Waals surface area contributed by atoms with Crippen LogP contribution in [0.15, 0.2) is 47.6 Å². The number of aromatic amines is 1. The maximum Gasteiger partial charge on any atom is 0.416 e. The number of allylic oxidation sites excluding steroid dienone is 1. The molecule has 1 aromatic carbocycles. The minimum absolute atomic E-state index is 0.0279. The number of hydrogen-bond acceptors (Lipinski definition) is 5. The number of nitrogens with zero attached hydrogens (tertiary/aromatic N) is 3. The number of alkyl halides is 3. The van der Waals surface area contributed by atoms with Crippen LogP contribution in [0.5, 0.6) is 5.75 Å². The van der Waals surface area contributed by atoms with Crippen molar-refractivity contribution in [1.82, 2.24) is 20.4 Å². The zero-order chi connectivity index (χ0) is 24.1. The quantitative estimate of drug-likeness (QED) is 0.670. The summed E-state index contributed by atoms with van der Waals surface area (Å²) in [6, 6.07) is 6.41. The molecule has 3 heterocycles. The van der Waals surface area contributed by atoms with Crippen LogP contribution in [0.2, 0.25) is 0 Å². The van der Waals surface area contributed by atoms with Gasteiger partial charge in [-0.05, 0) is 30.7 Å². The second kappa shape index (κ2) is 10.1. The van der Waals surface area contributed by atoms with E-state index in [9.17, 15) is 22.8 Å². The van der Waals surface area contributed by atoms with Crippen LogP contribution in [-0.4, -0.2) is 58.9 Å². The van der Waals surface area contributed by atoms with Crippen LogP contribution < -0.4 is 10.1 Å². The number of nitrogens with one attached hydrogen (secondary N) is 2. The number of rotatable bonds is 6. The average molecular weight is 475 g/mol. The molecule has 1 atom stereocenters. The Kier molecular flexibility index (Phi) is 6.99. The highest BCUT2D eigenvalue weighted by atomic mass is 19.4. The molecule has 34 heavy (non-hydrogen) atoms. The van der Waals surface area contributed by atoms with Gasteiger partial charge in [0.2, 0.25) is 5.91 Å². The Morgan fingerprint density at radius 2 is 2.00 bits per heavy atom. The van der Waals surface area contributed by atoms with Gasteiger partial charge in [0.1, 0.15) is 17.5 Å². The molecule has 8 nitrogen and oxygen atoms in total. The molecule has 0 saturated carbocycles. The summed E-state index contributed by atoms with van der Waals surface area (Å²) < 4.78 is 44.3. The Bertz CT molecular complexity index is 1090. The Morgan fingerprint density at radius 3 is 2.71 bits per heavy atom. The fourth-order valence-electron chi connectivity index (χ4n) is 3.85. The molecule has 0 bridgehead atoms. The lowest BCUT2D eigenvalue weighted by Crippen LogP contribution is -2.46. The van der Waals surface area contributed by atoms with E-state index in [0.717, 1.165) is 24.2 Å².